The fourth-order valence-corrected chi connectivity index (χ4v) is 2.30. The van der Waals surface area contributed by atoms with E-state index in [9.17, 15) is 13.6 Å². The third kappa shape index (κ3) is 2.70. The van der Waals surface area contributed by atoms with Gasteiger partial charge in [0, 0.05) is 6.07 Å². The van der Waals surface area contributed by atoms with Crippen molar-refractivity contribution in [2.75, 3.05) is 11.6 Å². The van der Waals surface area contributed by atoms with Gasteiger partial charge in [-0.1, -0.05) is 13.3 Å². The van der Waals surface area contributed by atoms with Crippen LogP contribution in [0.4, 0.5) is 14.5 Å². The molecule has 2 N–H and O–H groups in total. The Morgan fingerprint density at radius 3 is 2.75 bits per heavy atom. The van der Waals surface area contributed by atoms with Gasteiger partial charge in [-0.25, -0.2) is 8.78 Å². The number of amides is 1. The minimum Gasteiger partial charge on any atom is -0.330 e. The van der Waals surface area contributed by atoms with Crippen LogP contribution in [0.25, 0.3) is 0 Å². The second-order valence-electron chi connectivity index (χ2n) is 4.72. The van der Waals surface area contributed by atoms with Gasteiger partial charge in [0.1, 0.15) is 11.5 Å². The van der Waals surface area contributed by atoms with Crippen molar-refractivity contribution in [1.29, 1.82) is 0 Å². The summed E-state index contributed by atoms with van der Waals surface area (Å²) in [5.41, 5.74) is 6.20. The molecule has 1 aromatic carbocycles. The predicted octanol–water partition coefficient (Wildman–Crippen LogP) is 2.43. The Morgan fingerprint density at radius 1 is 1.40 bits per heavy atom. The first-order valence-electron chi connectivity index (χ1n) is 6.65. The molecule has 1 aliphatic heterocycles. The standard InChI is InChI=1S/C14H17F2N3O/c1-2-3-12-10(6-7-17)14(20)19(18-12)13-5-4-9(15)8-11(13)16/h4-5,8,10H,2-3,6-7,17H2,1H3. The first kappa shape index (κ1) is 14.6. The highest BCUT2D eigenvalue weighted by Gasteiger charge is 2.36. The summed E-state index contributed by atoms with van der Waals surface area (Å²) in [5, 5.41) is 5.23. The predicted molar refractivity (Wildman–Crippen MR) is 73.3 cm³/mol. The highest BCUT2D eigenvalue weighted by molar-refractivity contribution is 6.15. The van der Waals surface area contributed by atoms with Crippen molar-refractivity contribution in [3.05, 3.63) is 29.8 Å². The van der Waals surface area contributed by atoms with Crippen LogP contribution in [0.15, 0.2) is 23.3 Å². The minimum atomic E-state index is -0.800. The van der Waals surface area contributed by atoms with Crippen LogP contribution in [0.3, 0.4) is 0 Å². The molecule has 0 saturated heterocycles. The highest BCUT2D eigenvalue weighted by Crippen LogP contribution is 2.29. The number of rotatable bonds is 5. The number of hydrogen-bond donors (Lipinski definition) is 1. The molecule has 0 bridgehead atoms. The monoisotopic (exact) mass is 281 g/mol. The molecule has 0 fully saturated rings. The summed E-state index contributed by atoms with van der Waals surface area (Å²) >= 11 is 0. The van der Waals surface area contributed by atoms with E-state index < -0.39 is 17.6 Å². The Balaban J connectivity index is 2.34. The molecule has 0 spiro atoms. The molecule has 0 radical (unpaired) electrons. The van der Waals surface area contributed by atoms with Crippen molar-refractivity contribution < 1.29 is 13.6 Å². The number of anilines is 1. The van der Waals surface area contributed by atoms with Crippen LogP contribution in [-0.4, -0.2) is 18.2 Å². The lowest BCUT2D eigenvalue weighted by Crippen LogP contribution is -2.29. The van der Waals surface area contributed by atoms with Crippen LogP contribution in [-0.2, 0) is 4.79 Å². The van der Waals surface area contributed by atoms with Gasteiger partial charge in [-0.05, 0) is 31.5 Å². The summed E-state index contributed by atoms with van der Waals surface area (Å²) in [4.78, 5) is 12.3. The van der Waals surface area contributed by atoms with Crippen molar-refractivity contribution in [3.8, 4) is 0 Å². The van der Waals surface area contributed by atoms with E-state index in [0.29, 0.717) is 25.1 Å². The Morgan fingerprint density at radius 2 is 2.15 bits per heavy atom. The van der Waals surface area contributed by atoms with Crippen molar-refractivity contribution in [3.63, 3.8) is 0 Å². The van der Waals surface area contributed by atoms with Crippen LogP contribution < -0.4 is 10.7 Å². The van der Waals surface area contributed by atoms with Crippen LogP contribution in [0, 0.1) is 17.6 Å². The van der Waals surface area contributed by atoms with E-state index in [4.69, 9.17) is 5.73 Å². The lowest BCUT2D eigenvalue weighted by molar-refractivity contribution is -0.119. The second kappa shape index (κ2) is 6.09. The van der Waals surface area contributed by atoms with Crippen LogP contribution in [0.5, 0.6) is 0 Å². The van der Waals surface area contributed by atoms with Crippen molar-refractivity contribution in [2.45, 2.75) is 26.2 Å². The van der Waals surface area contributed by atoms with Gasteiger partial charge in [0.2, 0.25) is 0 Å². The van der Waals surface area contributed by atoms with Crippen LogP contribution in [0.1, 0.15) is 26.2 Å². The van der Waals surface area contributed by atoms with E-state index in [0.717, 1.165) is 23.6 Å². The van der Waals surface area contributed by atoms with Gasteiger partial charge in [0.25, 0.3) is 5.91 Å². The summed E-state index contributed by atoms with van der Waals surface area (Å²) < 4.78 is 26.7. The summed E-state index contributed by atoms with van der Waals surface area (Å²) in [7, 11) is 0. The Hall–Kier alpha value is -1.82. The molecular weight excluding hydrogens is 264 g/mol. The molecule has 20 heavy (non-hydrogen) atoms. The molecule has 0 aliphatic carbocycles. The van der Waals surface area contributed by atoms with E-state index in [1.165, 1.54) is 6.07 Å². The van der Waals surface area contributed by atoms with Gasteiger partial charge in [0.15, 0.2) is 5.82 Å². The number of nitrogens with two attached hydrogens (primary N) is 1. The SMILES string of the molecule is CCCC1=NN(c2ccc(F)cc2F)C(=O)C1CCN. The van der Waals surface area contributed by atoms with Gasteiger partial charge in [-0.15, -0.1) is 0 Å². The first-order valence-corrected chi connectivity index (χ1v) is 6.65. The number of carbonyl (C=O) groups is 1. The number of hydrogen-bond acceptors (Lipinski definition) is 3. The van der Waals surface area contributed by atoms with Crippen LogP contribution in [0.2, 0.25) is 0 Å². The first-order chi connectivity index (χ1) is 9.58. The molecule has 4 nitrogen and oxygen atoms in total. The molecule has 6 heteroatoms. The summed E-state index contributed by atoms with van der Waals surface area (Å²) in [6.07, 6.45) is 1.99. The van der Waals surface area contributed by atoms with E-state index in [2.05, 4.69) is 5.10 Å². The molecule has 1 heterocycles. The fourth-order valence-electron chi connectivity index (χ4n) is 2.30. The maximum absolute atomic E-state index is 13.8. The molecule has 1 unspecified atom stereocenters. The Bertz CT molecular complexity index is 545. The zero-order valence-electron chi connectivity index (χ0n) is 11.3. The zero-order valence-corrected chi connectivity index (χ0v) is 11.3. The van der Waals surface area contributed by atoms with Gasteiger partial charge in [-0.2, -0.15) is 10.1 Å². The smallest absolute Gasteiger partial charge is 0.256 e. The molecule has 2 rings (SSSR count). The molecule has 1 atom stereocenters. The van der Waals surface area contributed by atoms with Crippen LogP contribution >= 0.6 is 0 Å². The molecule has 1 aliphatic rings. The van der Waals surface area contributed by atoms with E-state index in [1.807, 2.05) is 6.92 Å². The lowest BCUT2D eigenvalue weighted by atomic mass is 9.96. The topological polar surface area (TPSA) is 58.7 Å². The number of halogens is 2. The molecule has 0 aromatic heterocycles. The molecule has 1 amide bonds. The molecule has 108 valence electrons. The lowest BCUT2D eigenvalue weighted by Gasteiger charge is -2.14. The third-order valence-electron chi connectivity index (χ3n) is 3.24. The number of carbonyl (C=O) groups excluding carboxylic acids is 1. The van der Waals surface area contributed by atoms with Gasteiger partial charge in [-0.3, -0.25) is 4.79 Å². The Kier molecular flexibility index (Phi) is 4.44. The van der Waals surface area contributed by atoms with Gasteiger partial charge in [0.05, 0.1) is 11.6 Å². The average Bonchev–Trinajstić information content (AvgIpc) is 2.69. The highest BCUT2D eigenvalue weighted by atomic mass is 19.1. The quantitative estimate of drug-likeness (QED) is 0.901. The van der Waals surface area contributed by atoms with E-state index in [1.54, 1.807) is 0 Å². The number of hydrazone groups is 1. The summed E-state index contributed by atoms with van der Waals surface area (Å²) in [5.74, 6) is -2.19. The zero-order chi connectivity index (χ0) is 14.7. The largest absolute Gasteiger partial charge is 0.330 e. The van der Waals surface area contributed by atoms with Crippen molar-refractivity contribution in [1.82, 2.24) is 0 Å². The normalized spacial score (nSPS) is 18.6. The maximum atomic E-state index is 13.8. The maximum Gasteiger partial charge on any atom is 0.256 e. The second-order valence-corrected chi connectivity index (χ2v) is 4.72. The van der Waals surface area contributed by atoms with E-state index in [-0.39, 0.29) is 11.6 Å². The average molecular weight is 281 g/mol. The van der Waals surface area contributed by atoms with Crippen molar-refractivity contribution >= 4 is 17.3 Å². The summed E-state index contributed by atoms with van der Waals surface area (Å²) in [6, 6.07) is 3.07. The van der Waals surface area contributed by atoms with Crippen molar-refractivity contribution in [2.24, 2.45) is 16.8 Å². The summed E-state index contributed by atoms with van der Waals surface area (Å²) in [6.45, 7) is 2.34. The molecule has 0 saturated carbocycles. The fraction of sp³-hybridized carbons (Fsp3) is 0.429. The number of benzene rings is 1. The molecular formula is C14H17F2N3O. The minimum absolute atomic E-state index is 0.0236. The third-order valence-corrected chi connectivity index (χ3v) is 3.24. The molecule has 1 aromatic rings. The van der Waals surface area contributed by atoms with E-state index >= 15 is 0 Å². The van der Waals surface area contributed by atoms with Gasteiger partial charge < -0.3 is 5.73 Å². The Labute approximate surface area is 116 Å². The van der Waals surface area contributed by atoms with Gasteiger partial charge >= 0.3 is 0 Å². The number of nitrogens with zero attached hydrogens (tertiary/aromatic N) is 2.